The monoisotopic (exact) mass is 602 g/mol. The van der Waals surface area contributed by atoms with Crippen LogP contribution >= 0.6 is 0 Å². The van der Waals surface area contributed by atoms with Gasteiger partial charge in [0, 0.05) is 5.56 Å². The number of rotatable bonds is 10. The van der Waals surface area contributed by atoms with Crippen molar-refractivity contribution in [1.82, 2.24) is 0 Å². The van der Waals surface area contributed by atoms with Crippen molar-refractivity contribution in [3.63, 3.8) is 0 Å². The van der Waals surface area contributed by atoms with Crippen molar-refractivity contribution < 1.29 is 29.7 Å². The molecule has 0 radical (unpaired) electrons. The number of carbonyl (C=O) groups excluding carboxylic acids is 3. The molecule has 0 amide bonds. The Kier molecular flexibility index (Phi) is 10.4. The maximum absolute atomic E-state index is 15.2. The molecule has 3 N–H and O–H groups in total. The summed E-state index contributed by atoms with van der Waals surface area (Å²) in [6.07, 6.45) is 10.4. The maximum Gasteiger partial charge on any atom is 0.184 e. The summed E-state index contributed by atoms with van der Waals surface area (Å²) in [6, 6.07) is 3.67. The van der Waals surface area contributed by atoms with Gasteiger partial charge in [-0.15, -0.1) is 0 Å². The third kappa shape index (κ3) is 6.13. The van der Waals surface area contributed by atoms with Crippen LogP contribution in [0.1, 0.15) is 106 Å². The average Bonchev–Trinajstić information content (AvgIpc) is 2.92. The second-order valence-corrected chi connectivity index (χ2v) is 14.0. The van der Waals surface area contributed by atoms with E-state index >= 15 is 9.59 Å². The molecule has 2 fully saturated rings. The van der Waals surface area contributed by atoms with Gasteiger partial charge in [0.05, 0.1) is 5.41 Å². The molecule has 0 spiro atoms. The maximum atomic E-state index is 15.2. The molecule has 6 nitrogen and oxygen atoms in total. The first kappa shape index (κ1) is 34.8. The minimum absolute atomic E-state index is 0.0199. The van der Waals surface area contributed by atoms with Crippen molar-refractivity contribution in [3.8, 4) is 11.5 Å². The molecule has 0 unspecified atom stereocenters. The van der Waals surface area contributed by atoms with Gasteiger partial charge < -0.3 is 15.3 Å². The van der Waals surface area contributed by atoms with Crippen LogP contribution in [0.25, 0.3) is 5.76 Å². The van der Waals surface area contributed by atoms with E-state index in [2.05, 4.69) is 12.2 Å². The predicted molar refractivity (Wildman–Crippen MR) is 176 cm³/mol. The van der Waals surface area contributed by atoms with E-state index in [1.54, 1.807) is 0 Å². The summed E-state index contributed by atoms with van der Waals surface area (Å²) in [5.41, 5.74) is -0.210. The number of phenolic OH excluding ortho intramolecular Hbond substituents is 2. The lowest BCUT2D eigenvalue weighted by molar-refractivity contribution is -0.178. The van der Waals surface area contributed by atoms with Crippen LogP contribution in [0, 0.1) is 22.2 Å². The van der Waals surface area contributed by atoms with Gasteiger partial charge in [-0.3, -0.25) is 14.4 Å². The Balaban J connectivity index is 2.51. The summed E-state index contributed by atoms with van der Waals surface area (Å²) in [7, 11) is 0. The van der Waals surface area contributed by atoms with Gasteiger partial charge in [-0.05, 0) is 123 Å². The van der Waals surface area contributed by atoms with Gasteiger partial charge in [0.2, 0.25) is 0 Å². The summed E-state index contributed by atoms with van der Waals surface area (Å²) in [6.45, 7) is 17.8. The van der Waals surface area contributed by atoms with E-state index in [0.717, 1.165) is 28.4 Å². The number of hydrogen-bond donors (Lipinski definition) is 3. The summed E-state index contributed by atoms with van der Waals surface area (Å²) >= 11 is 0. The van der Waals surface area contributed by atoms with Gasteiger partial charge in [-0.2, -0.15) is 0 Å². The van der Waals surface area contributed by atoms with E-state index in [0.29, 0.717) is 19.3 Å². The first-order chi connectivity index (χ1) is 20.4. The van der Waals surface area contributed by atoms with Crippen molar-refractivity contribution in [2.24, 2.45) is 22.2 Å². The zero-order valence-electron chi connectivity index (χ0n) is 27.9. The number of aliphatic hydroxyl groups is 1. The van der Waals surface area contributed by atoms with E-state index < -0.39 is 50.6 Å². The van der Waals surface area contributed by atoms with Gasteiger partial charge >= 0.3 is 0 Å². The lowest BCUT2D eigenvalue weighted by atomic mass is 9.37. The topological polar surface area (TPSA) is 112 Å². The fourth-order valence-electron chi connectivity index (χ4n) is 7.12. The zero-order chi connectivity index (χ0) is 33.2. The molecule has 2 bridgehead atoms. The highest BCUT2D eigenvalue weighted by atomic mass is 16.3. The highest BCUT2D eigenvalue weighted by Crippen LogP contribution is 2.67. The minimum Gasteiger partial charge on any atom is -0.506 e. The highest BCUT2D eigenvalue weighted by Gasteiger charge is 2.74. The van der Waals surface area contributed by atoms with Crippen LogP contribution in [0.15, 0.2) is 70.4 Å². The molecule has 2 aliphatic carbocycles. The fourth-order valence-corrected chi connectivity index (χ4v) is 7.12. The van der Waals surface area contributed by atoms with E-state index in [1.165, 1.54) is 12.1 Å². The molecule has 0 aliphatic heterocycles. The predicted octanol–water partition coefficient (Wildman–Crippen LogP) is 8.90. The lowest BCUT2D eigenvalue weighted by Gasteiger charge is -2.61. The Hall–Kier alpha value is -3.67. The summed E-state index contributed by atoms with van der Waals surface area (Å²) in [5.74, 6) is -3.32. The molecule has 4 atom stereocenters. The average molecular weight is 603 g/mol. The molecule has 1 aromatic rings. The second-order valence-electron chi connectivity index (χ2n) is 14.0. The Bertz CT molecular complexity index is 1480. The van der Waals surface area contributed by atoms with Crippen LogP contribution in [-0.2, 0) is 14.4 Å². The SMILES string of the molecule is CC(C)=CCC[C@@]1(C)[C@@H](CC=C(C)C)C[C@]2(CC=C(C)C)C(=O)C(=C(O)c3ccc(O)c(O)c3)C(=O)[C@@]1(CC=C(C)C)C2=O. The van der Waals surface area contributed by atoms with Crippen molar-refractivity contribution in [2.75, 3.05) is 0 Å². The Morgan fingerprint density at radius 1 is 0.795 bits per heavy atom. The normalized spacial score (nSPS) is 27.4. The largest absolute Gasteiger partial charge is 0.506 e. The Morgan fingerprint density at radius 2 is 1.36 bits per heavy atom. The van der Waals surface area contributed by atoms with E-state index in [1.807, 2.05) is 74.5 Å². The number of fused-ring (bicyclic) bond motifs is 2. The number of ketones is 3. The van der Waals surface area contributed by atoms with Crippen LogP contribution in [0.3, 0.4) is 0 Å². The molecule has 2 aliphatic rings. The second kappa shape index (κ2) is 13.1. The van der Waals surface area contributed by atoms with Crippen molar-refractivity contribution >= 4 is 23.1 Å². The number of benzene rings is 1. The molecule has 2 saturated carbocycles. The summed E-state index contributed by atoms with van der Waals surface area (Å²) in [5, 5.41) is 31.8. The van der Waals surface area contributed by atoms with Crippen molar-refractivity contribution in [3.05, 3.63) is 75.9 Å². The standard InChI is InChI=1S/C38H50O6/c1-23(2)11-10-18-36(9)28(14-12-24(3)4)22-37(19-16-25(5)6)33(42)31(32(41)27-13-15-29(39)30(40)21-27)34(43)38(36,35(37)44)20-17-26(7)8/h11-13,15-17,21,28,39-41H,10,14,18-20,22H2,1-9H3/t28-,36-,37+,38-/m0/s1. The molecule has 0 aromatic heterocycles. The molecule has 6 heteroatoms. The van der Waals surface area contributed by atoms with Gasteiger partial charge in [0.15, 0.2) is 28.8 Å². The third-order valence-corrected chi connectivity index (χ3v) is 9.76. The van der Waals surface area contributed by atoms with Crippen LogP contribution in [0.5, 0.6) is 11.5 Å². The lowest BCUT2D eigenvalue weighted by Crippen LogP contribution is -2.70. The highest BCUT2D eigenvalue weighted by molar-refractivity contribution is 6.41. The number of hydrogen-bond acceptors (Lipinski definition) is 6. The number of aromatic hydroxyl groups is 2. The Morgan fingerprint density at radius 3 is 1.91 bits per heavy atom. The molecule has 0 saturated heterocycles. The number of carbonyl (C=O) groups is 3. The number of allylic oxidation sites excluding steroid dienone is 9. The van der Waals surface area contributed by atoms with Gasteiger partial charge in [0.25, 0.3) is 0 Å². The molecular formula is C38H50O6. The van der Waals surface area contributed by atoms with E-state index in [4.69, 9.17) is 0 Å². The minimum atomic E-state index is -1.61. The first-order valence-electron chi connectivity index (χ1n) is 15.6. The molecule has 44 heavy (non-hydrogen) atoms. The Labute approximate surface area is 263 Å². The summed E-state index contributed by atoms with van der Waals surface area (Å²) < 4.78 is 0. The molecular weight excluding hydrogens is 552 g/mol. The summed E-state index contributed by atoms with van der Waals surface area (Å²) in [4.78, 5) is 45.0. The number of phenols is 2. The third-order valence-electron chi connectivity index (χ3n) is 9.76. The number of aliphatic hydroxyl groups excluding tert-OH is 1. The van der Waals surface area contributed by atoms with Crippen LogP contribution in [0.2, 0.25) is 0 Å². The molecule has 0 heterocycles. The number of Topliss-reactive ketones (excluding diaryl/α,β-unsaturated/α-hetero) is 3. The van der Waals surface area contributed by atoms with E-state index in [-0.39, 0.29) is 36.5 Å². The van der Waals surface area contributed by atoms with Crippen molar-refractivity contribution in [2.45, 2.75) is 101 Å². The van der Waals surface area contributed by atoms with Crippen molar-refractivity contribution in [1.29, 1.82) is 0 Å². The van der Waals surface area contributed by atoms with Gasteiger partial charge in [-0.25, -0.2) is 0 Å². The van der Waals surface area contributed by atoms with Crippen LogP contribution < -0.4 is 0 Å². The molecule has 1 aromatic carbocycles. The smallest absolute Gasteiger partial charge is 0.184 e. The first-order valence-corrected chi connectivity index (χ1v) is 15.6. The fraction of sp³-hybridized carbons (Fsp3) is 0.500. The van der Waals surface area contributed by atoms with Gasteiger partial charge in [0.1, 0.15) is 16.7 Å². The van der Waals surface area contributed by atoms with E-state index in [9.17, 15) is 20.1 Å². The molecule has 238 valence electrons. The molecule has 3 rings (SSSR count). The quantitative estimate of drug-likeness (QED) is 0.0616. The zero-order valence-corrected chi connectivity index (χ0v) is 27.9. The van der Waals surface area contributed by atoms with Crippen LogP contribution in [0.4, 0.5) is 0 Å². The van der Waals surface area contributed by atoms with Gasteiger partial charge in [-0.1, -0.05) is 53.5 Å². The van der Waals surface area contributed by atoms with Crippen LogP contribution in [-0.4, -0.2) is 32.7 Å².